The molecule has 0 saturated heterocycles. The van der Waals surface area contributed by atoms with Crippen LogP contribution in [-0.2, 0) is 6.54 Å². The quantitative estimate of drug-likeness (QED) is 0.892. The molecule has 0 unspecified atom stereocenters. The van der Waals surface area contributed by atoms with Crippen molar-refractivity contribution in [2.75, 3.05) is 19.5 Å². The van der Waals surface area contributed by atoms with Gasteiger partial charge in [0.25, 0.3) is 0 Å². The lowest BCUT2D eigenvalue weighted by Crippen LogP contribution is -2.02. The minimum atomic E-state index is 0.567. The SMILES string of the molecule is COc1ccc(CNc2ccc(C)cc2)c(Cl)c1OC. The summed E-state index contributed by atoms with van der Waals surface area (Å²) in [5.41, 5.74) is 3.26. The van der Waals surface area contributed by atoms with Crippen molar-refractivity contribution < 1.29 is 9.47 Å². The monoisotopic (exact) mass is 291 g/mol. The second-order valence-electron chi connectivity index (χ2n) is 4.49. The third-order valence-electron chi connectivity index (χ3n) is 3.10. The number of halogens is 1. The van der Waals surface area contributed by atoms with E-state index < -0.39 is 0 Å². The van der Waals surface area contributed by atoms with Crippen LogP contribution in [0.3, 0.4) is 0 Å². The lowest BCUT2D eigenvalue weighted by atomic mass is 10.2. The standard InChI is InChI=1S/C16H18ClNO2/c1-11-4-7-13(8-5-11)18-10-12-6-9-14(19-2)16(20-3)15(12)17/h4-9,18H,10H2,1-3H3. The summed E-state index contributed by atoms with van der Waals surface area (Å²) in [5, 5.41) is 3.91. The Hall–Kier alpha value is -1.87. The number of ether oxygens (including phenoxy) is 2. The zero-order valence-corrected chi connectivity index (χ0v) is 12.6. The highest BCUT2D eigenvalue weighted by Crippen LogP contribution is 2.37. The Labute approximate surface area is 124 Å². The van der Waals surface area contributed by atoms with Crippen molar-refractivity contribution in [3.8, 4) is 11.5 Å². The van der Waals surface area contributed by atoms with Crippen LogP contribution in [0.5, 0.6) is 11.5 Å². The van der Waals surface area contributed by atoms with E-state index in [1.807, 2.05) is 24.3 Å². The van der Waals surface area contributed by atoms with Gasteiger partial charge in [0.2, 0.25) is 0 Å². The van der Waals surface area contributed by atoms with E-state index in [-0.39, 0.29) is 0 Å². The molecule has 0 fully saturated rings. The first-order valence-corrected chi connectivity index (χ1v) is 6.73. The predicted molar refractivity (Wildman–Crippen MR) is 83.1 cm³/mol. The molecule has 4 heteroatoms. The van der Waals surface area contributed by atoms with Gasteiger partial charge in [-0.15, -0.1) is 0 Å². The zero-order valence-electron chi connectivity index (χ0n) is 11.9. The Balaban J connectivity index is 2.15. The van der Waals surface area contributed by atoms with Crippen molar-refractivity contribution in [2.24, 2.45) is 0 Å². The van der Waals surface area contributed by atoms with E-state index in [9.17, 15) is 0 Å². The molecule has 0 aromatic heterocycles. The van der Waals surface area contributed by atoms with Crippen LogP contribution in [-0.4, -0.2) is 14.2 Å². The molecule has 20 heavy (non-hydrogen) atoms. The van der Waals surface area contributed by atoms with Gasteiger partial charge in [0.15, 0.2) is 11.5 Å². The molecular formula is C16H18ClNO2. The summed E-state index contributed by atoms with van der Waals surface area (Å²) in [7, 11) is 3.18. The van der Waals surface area contributed by atoms with Gasteiger partial charge in [0.05, 0.1) is 19.2 Å². The predicted octanol–water partition coefficient (Wildman–Crippen LogP) is 4.28. The van der Waals surface area contributed by atoms with E-state index >= 15 is 0 Å². The van der Waals surface area contributed by atoms with Crippen molar-refractivity contribution in [2.45, 2.75) is 13.5 Å². The number of benzene rings is 2. The lowest BCUT2D eigenvalue weighted by molar-refractivity contribution is 0.355. The summed E-state index contributed by atoms with van der Waals surface area (Å²) in [6.07, 6.45) is 0. The number of nitrogens with one attached hydrogen (secondary N) is 1. The van der Waals surface area contributed by atoms with E-state index in [1.165, 1.54) is 5.56 Å². The molecule has 0 spiro atoms. The molecule has 0 atom stereocenters. The van der Waals surface area contributed by atoms with Gasteiger partial charge in [-0.25, -0.2) is 0 Å². The molecule has 2 aromatic carbocycles. The van der Waals surface area contributed by atoms with Crippen LogP contribution < -0.4 is 14.8 Å². The summed E-state index contributed by atoms with van der Waals surface area (Å²) in [6.45, 7) is 2.69. The summed E-state index contributed by atoms with van der Waals surface area (Å²) in [5.74, 6) is 1.20. The van der Waals surface area contributed by atoms with E-state index in [1.54, 1.807) is 14.2 Å². The first-order valence-electron chi connectivity index (χ1n) is 6.35. The Morgan fingerprint density at radius 1 is 1.00 bits per heavy atom. The fraction of sp³-hybridized carbons (Fsp3) is 0.250. The minimum absolute atomic E-state index is 0.567. The Bertz CT molecular complexity index is 582. The Kier molecular flexibility index (Phi) is 4.74. The third kappa shape index (κ3) is 3.17. The van der Waals surface area contributed by atoms with Crippen LogP contribution in [0, 0.1) is 6.92 Å². The molecule has 0 aliphatic rings. The number of anilines is 1. The molecule has 1 N–H and O–H groups in total. The lowest BCUT2D eigenvalue weighted by Gasteiger charge is -2.14. The molecule has 0 radical (unpaired) electrons. The first kappa shape index (κ1) is 14.5. The van der Waals surface area contributed by atoms with Gasteiger partial charge in [-0.05, 0) is 30.7 Å². The van der Waals surface area contributed by atoms with E-state index in [0.29, 0.717) is 23.1 Å². The Morgan fingerprint density at radius 3 is 2.30 bits per heavy atom. The summed E-state index contributed by atoms with van der Waals surface area (Å²) >= 11 is 6.34. The largest absolute Gasteiger partial charge is 0.493 e. The van der Waals surface area contributed by atoms with Crippen LogP contribution in [0.25, 0.3) is 0 Å². The van der Waals surface area contributed by atoms with Crippen LogP contribution in [0.2, 0.25) is 5.02 Å². The molecule has 0 bridgehead atoms. The Morgan fingerprint density at radius 2 is 1.70 bits per heavy atom. The van der Waals surface area contributed by atoms with Gasteiger partial charge in [0, 0.05) is 12.2 Å². The van der Waals surface area contributed by atoms with Crippen molar-refractivity contribution in [3.63, 3.8) is 0 Å². The van der Waals surface area contributed by atoms with E-state index in [4.69, 9.17) is 21.1 Å². The van der Waals surface area contributed by atoms with Crippen molar-refractivity contribution in [1.82, 2.24) is 0 Å². The normalized spacial score (nSPS) is 10.2. The fourth-order valence-corrected chi connectivity index (χ4v) is 2.24. The number of hydrogen-bond acceptors (Lipinski definition) is 3. The maximum atomic E-state index is 6.34. The fourth-order valence-electron chi connectivity index (χ4n) is 1.94. The van der Waals surface area contributed by atoms with Gasteiger partial charge >= 0.3 is 0 Å². The molecule has 0 aliphatic heterocycles. The van der Waals surface area contributed by atoms with E-state index in [2.05, 4.69) is 24.4 Å². The molecule has 3 nitrogen and oxygen atoms in total. The van der Waals surface area contributed by atoms with Crippen LogP contribution in [0.4, 0.5) is 5.69 Å². The van der Waals surface area contributed by atoms with Gasteiger partial charge in [-0.2, -0.15) is 0 Å². The summed E-state index contributed by atoms with van der Waals surface area (Å²) in [6, 6.07) is 12.0. The molecule has 2 rings (SSSR count). The molecule has 0 amide bonds. The molecule has 2 aromatic rings. The zero-order chi connectivity index (χ0) is 14.5. The van der Waals surface area contributed by atoms with Gasteiger partial charge in [-0.1, -0.05) is 35.4 Å². The summed E-state index contributed by atoms with van der Waals surface area (Å²) < 4.78 is 10.5. The molecule has 0 saturated carbocycles. The number of aryl methyl sites for hydroxylation is 1. The third-order valence-corrected chi connectivity index (χ3v) is 3.51. The smallest absolute Gasteiger partial charge is 0.179 e. The first-order chi connectivity index (χ1) is 9.65. The summed E-state index contributed by atoms with van der Waals surface area (Å²) in [4.78, 5) is 0. The van der Waals surface area contributed by atoms with Crippen molar-refractivity contribution in [3.05, 3.63) is 52.5 Å². The second-order valence-corrected chi connectivity index (χ2v) is 4.87. The second kappa shape index (κ2) is 6.53. The van der Waals surface area contributed by atoms with Crippen LogP contribution in [0.1, 0.15) is 11.1 Å². The highest BCUT2D eigenvalue weighted by Gasteiger charge is 2.12. The molecule has 106 valence electrons. The van der Waals surface area contributed by atoms with E-state index in [0.717, 1.165) is 11.3 Å². The van der Waals surface area contributed by atoms with Gasteiger partial charge in [0.1, 0.15) is 0 Å². The molecular weight excluding hydrogens is 274 g/mol. The number of rotatable bonds is 5. The molecule has 0 heterocycles. The number of methoxy groups -OCH3 is 2. The average Bonchev–Trinajstić information content (AvgIpc) is 2.47. The molecule has 0 aliphatic carbocycles. The van der Waals surface area contributed by atoms with Crippen molar-refractivity contribution in [1.29, 1.82) is 0 Å². The van der Waals surface area contributed by atoms with Gasteiger partial charge in [-0.3, -0.25) is 0 Å². The maximum absolute atomic E-state index is 6.34. The maximum Gasteiger partial charge on any atom is 0.179 e. The van der Waals surface area contributed by atoms with Crippen molar-refractivity contribution >= 4 is 17.3 Å². The number of hydrogen-bond donors (Lipinski definition) is 1. The average molecular weight is 292 g/mol. The van der Waals surface area contributed by atoms with Crippen LogP contribution >= 0.6 is 11.6 Å². The van der Waals surface area contributed by atoms with Crippen LogP contribution in [0.15, 0.2) is 36.4 Å². The highest BCUT2D eigenvalue weighted by molar-refractivity contribution is 6.33. The topological polar surface area (TPSA) is 30.5 Å². The minimum Gasteiger partial charge on any atom is -0.493 e. The highest BCUT2D eigenvalue weighted by atomic mass is 35.5. The van der Waals surface area contributed by atoms with Gasteiger partial charge < -0.3 is 14.8 Å².